The smallest absolute Gasteiger partial charge is 0.0458 e. The number of rotatable bonds is 5. The van der Waals surface area contributed by atoms with Crippen molar-refractivity contribution in [3.8, 4) is 0 Å². The Morgan fingerprint density at radius 3 is 2.62 bits per heavy atom. The molecule has 1 aromatic rings. The molecule has 0 aromatic heterocycles. The first kappa shape index (κ1) is 13.5. The molecule has 0 spiro atoms. The molecule has 16 heavy (non-hydrogen) atoms. The van der Waals surface area contributed by atoms with Crippen molar-refractivity contribution in [2.45, 2.75) is 26.8 Å². The summed E-state index contributed by atoms with van der Waals surface area (Å²) >= 11 is 3.45. The van der Waals surface area contributed by atoms with Gasteiger partial charge in [-0.15, -0.1) is 0 Å². The Hall–Kier alpha value is -0.540. The molecule has 1 rings (SSSR count). The minimum Gasteiger partial charge on any atom is -0.398 e. The van der Waals surface area contributed by atoms with E-state index in [0.29, 0.717) is 0 Å². The summed E-state index contributed by atoms with van der Waals surface area (Å²) in [6.45, 7) is 6.63. The maximum Gasteiger partial charge on any atom is 0.0458 e. The topological polar surface area (TPSA) is 29.3 Å². The molecule has 0 aliphatic carbocycles. The average Bonchev–Trinajstić information content (AvgIpc) is 2.21. The van der Waals surface area contributed by atoms with Crippen LogP contribution in [0.4, 0.5) is 5.69 Å². The molecule has 0 radical (unpaired) electrons. The molecular weight excluding hydrogens is 264 g/mol. The monoisotopic (exact) mass is 284 g/mol. The van der Waals surface area contributed by atoms with Gasteiger partial charge in [-0.25, -0.2) is 0 Å². The second-order valence-electron chi connectivity index (χ2n) is 4.78. The summed E-state index contributed by atoms with van der Waals surface area (Å²) in [5.74, 6) is 0.764. The Morgan fingerprint density at radius 1 is 1.38 bits per heavy atom. The highest BCUT2D eigenvalue weighted by Gasteiger charge is 2.03. The van der Waals surface area contributed by atoms with Crippen molar-refractivity contribution in [1.29, 1.82) is 0 Å². The number of hydrogen-bond acceptors (Lipinski definition) is 2. The van der Waals surface area contributed by atoms with Crippen LogP contribution in [0.1, 0.15) is 25.8 Å². The normalized spacial score (nSPS) is 11.4. The molecule has 1 aromatic carbocycles. The van der Waals surface area contributed by atoms with Crippen molar-refractivity contribution >= 4 is 21.6 Å². The van der Waals surface area contributed by atoms with Gasteiger partial charge in [-0.2, -0.15) is 0 Å². The number of hydrogen-bond donors (Lipinski definition) is 1. The summed E-state index contributed by atoms with van der Waals surface area (Å²) in [6, 6.07) is 6.14. The van der Waals surface area contributed by atoms with Crippen molar-refractivity contribution in [2.75, 3.05) is 19.3 Å². The largest absolute Gasteiger partial charge is 0.398 e. The van der Waals surface area contributed by atoms with Crippen LogP contribution in [0.15, 0.2) is 22.7 Å². The van der Waals surface area contributed by atoms with E-state index in [1.807, 2.05) is 6.07 Å². The molecule has 3 heteroatoms. The summed E-state index contributed by atoms with van der Waals surface area (Å²) in [4.78, 5) is 2.35. The van der Waals surface area contributed by atoms with E-state index >= 15 is 0 Å². The molecule has 0 aliphatic rings. The predicted molar refractivity (Wildman–Crippen MR) is 74.3 cm³/mol. The molecule has 0 amide bonds. The Labute approximate surface area is 107 Å². The van der Waals surface area contributed by atoms with E-state index < -0.39 is 0 Å². The molecule has 0 bridgehead atoms. The third-order valence-corrected chi connectivity index (χ3v) is 3.29. The van der Waals surface area contributed by atoms with Crippen LogP contribution in [0.3, 0.4) is 0 Å². The first-order valence-corrected chi connectivity index (χ1v) is 6.50. The number of nitrogens with zero attached hydrogens (tertiary/aromatic N) is 1. The Morgan fingerprint density at radius 2 is 2.06 bits per heavy atom. The quantitative estimate of drug-likeness (QED) is 0.839. The average molecular weight is 285 g/mol. The molecule has 0 aliphatic heterocycles. The van der Waals surface area contributed by atoms with Gasteiger partial charge in [0.2, 0.25) is 0 Å². The summed E-state index contributed by atoms with van der Waals surface area (Å²) in [5, 5.41) is 0. The predicted octanol–water partition coefficient (Wildman–Crippen LogP) is 3.51. The van der Waals surface area contributed by atoms with Gasteiger partial charge in [-0.3, -0.25) is 0 Å². The van der Waals surface area contributed by atoms with Crippen LogP contribution >= 0.6 is 15.9 Å². The SMILES string of the molecule is CC(C)CCN(C)Cc1ccc(N)c(Br)c1. The summed E-state index contributed by atoms with van der Waals surface area (Å²) in [7, 11) is 2.16. The zero-order valence-electron chi connectivity index (χ0n) is 10.3. The summed E-state index contributed by atoms with van der Waals surface area (Å²) in [6.07, 6.45) is 1.24. The zero-order chi connectivity index (χ0) is 12.1. The van der Waals surface area contributed by atoms with Crippen molar-refractivity contribution in [2.24, 2.45) is 5.92 Å². The van der Waals surface area contributed by atoms with Crippen LogP contribution in [-0.4, -0.2) is 18.5 Å². The van der Waals surface area contributed by atoms with Crippen LogP contribution in [0.5, 0.6) is 0 Å². The van der Waals surface area contributed by atoms with E-state index in [4.69, 9.17) is 5.73 Å². The fourth-order valence-corrected chi connectivity index (χ4v) is 1.96. The van der Waals surface area contributed by atoms with Gasteiger partial charge in [-0.05, 0) is 59.6 Å². The van der Waals surface area contributed by atoms with Crippen molar-refractivity contribution in [3.05, 3.63) is 28.2 Å². The van der Waals surface area contributed by atoms with Gasteiger partial charge >= 0.3 is 0 Å². The fourth-order valence-electron chi connectivity index (χ4n) is 1.54. The van der Waals surface area contributed by atoms with E-state index in [9.17, 15) is 0 Å². The lowest BCUT2D eigenvalue weighted by Crippen LogP contribution is -2.20. The first-order chi connectivity index (χ1) is 7.49. The number of anilines is 1. The van der Waals surface area contributed by atoms with Gasteiger partial charge in [-0.1, -0.05) is 19.9 Å². The van der Waals surface area contributed by atoms with E-state index in [-0.39, 0.29) is 0 Å². The third-order valence-electron chi connectivity index (χ3n) is 2.61. The maximum atomic E-state index is 5.76. The van der Waals surface area contributed by atoms with Crippen molar-refractivity contribution in [3.63, 3.8) is 0 Å². The third kappa shape index (κ3) is 4.54. The Balaban J connectivity index is 2.49. The van der Waals surface area contributed by atoms with Gasteiger partial charge in [0.15, 0.2) is 0 Å². The lowest BCUT2D eigenvalue weighted by molar-refractivity contribution is 0.303. The number of halogens is 1. The summed E-state index contributed by atoms with van der Waals surface area (Å²) in [5.41, 5.74) is 7.86. The number of benzene rings is 1. The molecule has 90 valence electrons. The van der Waals surface area contributed by atoms with Gasteiger partial charge in [0.1, 0.15) is 0 Å². The van der Waals surface area contributed by atoms with Gasteiger partial charge in [0.05, 0.1) is 0 Å². The minimum absolute atomic E-state index is 0.764. The highest BCUT2D eigenvalue weighted by atomic mass is 79.9. The number of nitrogen functional groups attached to an aromatic ring is 1. The Bertz CT molecular complexity index is 337. The second kappa shape index (κ2) is 6.26. The van der Waals surface area contributed by atoms with E-state index in [2.05, 4.69) is 53.9 Å². The summed E-state index contributed by atoms with van der Waals surface area (Å²) < 4.78 is 0.988. The van der Waals surface area contributed by atoms with E-state index in [0.717, 1.165) is 29.2 Å². The first-order valence-electron chi connectivity index (χ1n) is 5.71. The van der Waals surface area contributed by atoms with Gasteiger partial charge < -0.3 is 10.6 Å². The minimum atomic E-state index is 0.764. The fraction of sp³-hybridized carbons (Fsp3) is 0.538. The van der Waals surface area contributed by atoms with E-state index in [1.54, 1.807) is 0 Å². The molecule has 2 N–H and O–H groups in total. The molecule has 2 nitrogen and oxygen atoms in total. The van der Waals surface area contributed by atoms with Crippen LogP contribution in [0.2, 0.25) is 0 Å². The Kier molecular flexibility index (Phi) is 5.29. The van der Waals surface area contributed by atoms with Crippen molar-refractivity contribution < 1.29 is 0 Å². The van der Waals surface area contributed by atoms with Crippen LogP contribution in [-0.2, 0) is 6.54 Å². The van der Waals surface area contributed by atoms with Gasteiger partial charge in [0.25, 0.3) is 0 Å². The molecule has 0 unspecified atom stereocenters. The van der Waals surface area contributed by atoms with Crippen LogP contribution in [0, 0.1) is 5.92 Å². The molecule has 0 saturated carbocycles. The van der Waals surface area contributed by atoms with Crippen molar-refractivity contribution in [1.82, 2.24) is 4.90 Å². The molecule has 0 atom stereocenters. The van der Waals surface area contributed by atoms with Crippen LogP contribution < -0.4 is 5.73 Å². The maximum absolute atomic E-state index is 5.76. The van der Waals surface area contributed by atoms with Gasteiger partial charge in [0, 0.05) is 16.7 Å². The lowest BCUT2D eigenvalue weighted by atomic mass is 10.1. The molecule has 0 fully saturated rings. The number of nitrogens with two attached hydrogens (primary N) is 1. The standard InChI is InChI=1S/C13H21BrN2/c1-10(2)6-7-16(3)9-11-4-5-13(15)12(14)8-11/h4-5,8,10H,6-7,9,15H2,1-3H3. The molecular formula is C13H21BrN2. The highest BCUT2D eigenvalue weighted by Crippen LogP contribution is 2.21. The van der Waals surface area contributed by atoms with Crippen LogP contribution in [0.25, 0.3) is 0 Å². The zero-order valence-corrected chi connectivity index (χ0v) is 11.9. The highest BCUT2D eigenvalue weighted by molar-refractivity contribution is 9.10. The van der Waals surface area contributed by atoms with E-state index in [1.165, 1.54) is 12.0 Å². The lowest BCUT2D eigenvalue weighted by Gasteiger charge is -2.18. The molecule has 0 saturated heterocycles. The molecule has 0 heterocycles. The second-order valence-corrected chi connectivity index (χ2v) is 5.63.